The fourth-order valence-electron chi connectivity index (χ4n) is 4.32. The first-order chi connectivity index (χ1) is 16.9. The number of carbonyl (C=O) groups is 2. The highest BCUT2D eigenvalue weighted by Gasteiger charge is 2.28. The number of carbonyl (C=O) groups excluding carboxylic acids is 2. The van der Waals surface area contributed by atoms with Crippen molar-refractivity contribution in [2.75, 3.05) is 24.1 Å². The van der Waals surface area contributed by atoms with Gasteiger partial charge in [0, 0.05) is 24.2 Å². The fraction of sp³-hybridized carbons (Fsp3) is 0.250. The molecule has 178 valence electrons. The van der Waals surface area contributed by atoms with E-state index in [2.05, 4.69) is 26.2 Å². The van der Waals surface area contributed by atoms with Crippen molar-refractivity contribution in [1.82, 2.24) is 29.0 Å². The Morgan fingerprint density at radius 3 is 2.77 bits per heavy atom. The Bertz CT molecular complexity index is 1430. The Balaban J connectivity index is 1.47. The van der Waals surface area contributed by atoms with Crippen LogP contribution in [0.15, 0.2) is 49.3 Å². The highest BCUT2D eigenvalue weighted by atomic mass is 32.1. The number of hydrogen-bond acceptors (Lipinski definition) is 8. The summed E-state index contributed by atoms with van der Waals surface area (Å²) in [4.78, 5) is 35.2. The molecule has 4 aromatic rings. The SMILES string of the molecule is C=CC(=O)N1CCC[C@@H](n2nc(-c3ccc(C(=O)Nc4cc(C)ns4)cc3)c3c(N)ncnc32)C1. The first-order valence-corrected chi connectivity index (χ1v) is 12.0. The summed E-state index contributed by atoms with van der Waals surface area (Å²) in [7, 11) is 0. The van der Waals surface area contributed by atoms with Crippen molar-refractivity contribution in [3.8, 4) is 11.3 Å². The average molecular weight is 489 g/mol. The van der Waals surface area contributed by atoms with Crippen molar-refractivity contribution >= 4 is 45.2 Å². The standard InChI is InChI=1S/C24H24N8O2S/c1-3-19(33)31-10-4-5-17(12-31)32-23-20(22(25)26-13-27-23)21(29-32)15-6-8-16(9-7-15)24(34)28-18-11-14(2)30-35-18/h3,6-9,11,13,17H,1,4-5,10,12H2,2H3,(H,28,34)(H2,25,26,27)/t17-/m1/s1. The lowest BCUT2D eigenvalue weighted by molar-refractivity contribution is -0.127. The van der Waals surface area contributed by atoms with E-state index in [1.165, 1.54) is 23.9 Å². The summed E-state index contributed by atoms with van der Waals surface area (Å²) in [6.45, 7) is 6.68. The maximum absolute atomic E-state index is 12.6. The average Bonchev–Trinajstić information content (AvgIpc) is 3.47. The van der Waals surface area contributed by atoms with Crippen LogP contribution in [0.1, 0.15) is 34.9 Å². The molecule has 5 rings (SSSR count). The monoisotopic (exact) mass is 488 g/mol. The van der Waals surface area contributed by atoms with Crippen LogP contribution >= 0.6 is 11.5 Å². The molecule has 10 nitrogen and oxygen atoms in total. The third-order valence-corrected chi connectivity index (χ3v) is 6.83. The van der Waals surface area contributed by atoms with Gasteiger partial charge in [0.1, 0.15) is 22.8 Å². The number of nitrogens with two attached hydrogens (primary N) is 1. The zero-order valence-electron chi connectivity index (χ0n) is 19.1. The fourth-order valence-corrected chi connectivity index (χ4v) is 4.98. The highest BCUT2D eigenvalue weighted by molar-refractivity contribution is 7.10. The highest BCUT2D eigenvalue weighted by Crippen LogP contribution is 2.34. The van der Waals surface area contributed by atoms with Crippen LogP contribution in [0.4, 0.5) is 10.8 Å². The number of fused-ring (bicyclic) bond motifs is 1. The summed E-state index contributed by atoms with van der Waals surface area (Å²) in [5.41, 5.74) is 9.66. The van der Waals surface area contributed by atoms with Gasteiger partial charge in [0.2, 0.25) is 5.91 Å². The predicted molar refractivity (Wildman–Crippen MR) is 135 cm³/mol. The number of hydrogen-bond donors (Lipinski definition) is 2. The Hall–Kier alpha value is -4.12. The smallest absolute Gasteiger partial charge is 0.256 e. The Morgan fingerprint density at radius 2 is 2.06 bits per heavy atom. The third-order valence-electron chi connectivity index (χ3n) is 6.03. The van der Waals surface area contributed by atoms with E-state index >= 15 is 0 Å². The van der Waals surface area contributed by atoms with Gasteiger partial charge in [0.05, 0.1) is 17.1 Å². The molecular formula is C24H24N8O2S. The number of aromatic nitrogens is 5. The number of anilines is 2. The van der Waals surface area contributed by atoms with Crippen LogP contribution in [-0.4, -0.2) is 53.9 Å². The number of rotatable bonds is 5. The van der Waals surface area contributed by atoms with Crippen molar-refractivity contribution in [3.63, 3.8) is 0 Å². The summed E-state index contributed by atoms with van der Waals surface area (Å²) in [5, 5.41) is 9.08. The molecule has 3 aromatic heterocycles. The number of nitrogen functional groups attached to an aromatic ring is 1. The van der Waals surface area contributed by atoms with Crippen LogP contribution in [0.25, 0.3) is 22.3 Å². The summed E-state index contributed by atoms with van der Waals surface area (Å²) >= 11 is 1.24. The van der Waals surface area contributed by atoms with Gasteiger partial charge in [-0.15, -0.1) is 0 Å². The lowest BCUT2D eigenvalue weighted by Gasteiger charge is -2.32. The van der Waals surface area contributed by atoms with Crippen LogP contribution in [-0.2, 0) is 4.79 Å². The first kappa shape index (κ1) is 22.7. The number of benzene rings is 1. The van der Waals surface area contributed by atoms with Crippen LogP contribution in [0, 0.1) is 6.92 Å². The molecule has 1 atom stereocenters. The van der Waals surface area contributed by atoms with E-state index in [1.807, 2.05) is 29.8 Å². The second-order valence-electron chi connectivity index (χ2n) is 8.40. The van der Waals surface area contributed by atoms with E-state index in [1.54, 1.807) is 17.0 Å². The lowest BCUT2D eigenvalue weighted by Crippen LogP contribution is -2.40. The molecule has 35 heavy (non-hydrogen) atoms. The Kier molecular flexibility index (Phi) is 6.00. The van der Waals surface area contributed by atoms with Gasteiger partial charge in [-0.3, -0.25) is 9.59 Å². The summed E-state index contributed by atoms with van der Waals surface area (Å²) in [6.07, 6.45) is 4.47. The predicted octanol–water partition coefficient (Wildman–Crippen LogP) is 3.44. The molecule has 1 aliphatic heterocycles. The number of aryl methyl sites for hydroxylation is 1. The number of piperidine rings is 1. The van der Waals surface area contributed by atoms with Gasteiger partial charge >= 0.3 is 0 Å². The molecule has 3 N–H and O–H groups in total. The van der Waals surface area contributed by atoms with Gasteiger partial charge < -0.3 is 16.0 Å². The molecule has 1 saturated heterocycles. The number of nitrogens with zero attached hydrogens (tertiary/aromatic N) is 6. The van der Waals surface area contributed by atoms with E-state index < -0.39 is 0 Å². The molecule has 4 heterocycles. The Labute approximate surface area is 205 Å². The van der Waals surface area contributed by atoms with Crippen LogP contribution in [0.2, 0.25) is 0 Å². The minimum Gasteiger partial charge on any atom is -0.383 e. The molecule has 0 unspecified atom stereocenters. The van der Waals surface area contributed by atoms with Gasteiger partial charge in [0.15, 0.2) is 5.65 Å². The van der Waals surface area contributed by atoms with Crippen LogP contribution in [0.3, 0.4) is 0 Å². The van der Waals surface area contributed by atoms with E-state index in [0.717, 1.165) is 24.1 Å². The molecule has 1 aliphatic rings. The minimum atomic E-state index is -0.215. The van der Waals surface area contributed by atoms with E-state index in [4.69, 9.17) is 10.8 Å². The first-order valence-electron chi connectivity index (χ1n) is 11.2. The third kappa shape index (κ3) is 4.37. The second-order valence-corrected chi connectivity index (χ2v) is 9.20. The number of amides is 2. The molecule has 0 spiro atoms. The normalized spacial score (nSPS) is 15.8. The molecule has 2 amide bonds. The lowest BCUT2D eigenvalue weighted by atomic mass is 10.1. The van der Waals surface area contributed by atoms with Crippen molar-refractivity contribution in [1.29, 1.82) is 0 Å². The molecule has 0 aliphatic carbocycles. The molecule has 11 heteroatoms. The largest absolute Gasteiger partial charge is 0.383 e. The zero-order valence-corrected chi connectivity index (χ0v) is 20.0. The van der Waals surface area contributed by atoms with Crippen LogP contribution in [0.5, 0.6) is 0 Å². The molecular weight excluding hydrogens is 464 g/mol. The van der Waals surface area contributed by atoms with E-state index in [9.17, 15) is 9.59 Å². The summed E-state index contributed by atoms with van der Waals surface area (Å²) < 4.78 is 6.03. The maximum Gasteiger partial charge on any atom is 0.256 e. The van der Waals surface area contributed by atoms with Gasteiger partial charge in [-0.05, 0) is 55.6 Å². The molecule has 0 saturated carbocycles. The summed E-state index contributed by atoms with van der Waals surface area (Å²) in [5.74, 6) is 0.0176. The van der Waals surface area contributed by atoms with Gasteiger partial charge in [-0.2, -0.15) is 9.47 Å². The molecule has 1 aromatic carbocycles. The van der Waals surface area contributed by atoms with Gasteiger partial charge in [-0.1, -0.05) is 18.7 Å². The maximum atomic E-state index is 12.6. The van der Waals surface area contributed by atoms with Crippen molar-refractivity contribution in [2.24, 2.45) is 0 Å². The van der Waals surface area contributed by atoms with Gasteiger partial charge in [-0.25, -0.2) is 14.6 Å². The quantitative estimate of drug-likeness (QED) is 0.411. The minimum absolute atomic E-state index is 0.0499. The van der Waals surface area contributed by atoms with E-state index in [0.29, 0.717) is 46.2 Å². The topological polar surface area (TPSA) is 132 Å². The number of nitrogens with one attached hydrogen (secondary N) is 1. The zero-order chi connectivity index (χ0) is 24.5. The molecule has 0 bridgehead atoms. The van der Waals surface area contributed by atoms with E-state index in [-0.39, 0.29) is 17.9 Å². The molecule has 0 radical (unpaired) electrons. The van der Waals surface area contributed by atoms with Crippen LogP contribution < -0.4 is 11.1 Å². The van der Waals surface area contributed by atoms with Gasteiger partial charge in [0.25, 0.3) is 5.91 Å². The second kappa shape index (κ2) is 9.26. The van der Waals surface area contributed by atoms with Crippen molar-refractivity contribution < 1.29 is 9.59 Å². The van der Waals surface area contributed by atoms with Crippen molar-refractivity contribution in [3.05, 3.63) is 60.6 Å². The Morgan fingerprint density at radius 1 is 1.26 bits per heavy atom. The summed E-state index contributed by atoms with van der Waals surface area (Å²) in [6, 6.07) is 8.93. The van der Waals surface area contributed by atoms with Crippen molar-refractivity contribution in [2.45, 2.75) is 25.8 Å². The molecule has 1 fully saturated rings. The number of likely N-dealkylation sites (tertiary alicyclic amines) is 1.